The van der Waals surface area contributed by atoms with E-state index in [9.17, 15) is 4.79 Å². The summed E-state index contributed by atoms with van der Waals surface area (Å²) in [5, 5.41) is 8.65. The third kappa shape index (κ3) is 5.54. The molecule has 0 aliphatic carbocycles. The first-order valence-corrected chi connectivity index (χ1v) is 5.19. The molecule has 5 heteroatoms. The van der Waals surface area contributed by atoms with Crippen molar-refractivity contribution < 1.29 is 14.3 Å². The maximum absolute atomic E-state index is 10.4. The van der Waals surface area contributed by atoms with Gasteiger partial charge in [-0.25, -0.2) is 4.79 Å². The number of nitrogens with zero attached hydrogens (tertiary/aromatic N) is 1. The summed E-state index contributed by atoms with van der Waals surface area (Å²) < 4.78 is 9.90. The van der Waals surface area contributed by atoms with E-state index in [2.05, 4.69) is 4.74 Å². The van der Waals surface area contributed by atoms with Crippen LogP contribution in [0, 0.1) is 11.3 Å². The Morgan fingerprint density at radius 2 is 2.12 bits per heavy atom. The fraction of sp³-hybridized carbons (Fsp3) is 0.333. The Morgan fingerprint density at radius 1 is 1.41 bits per heavy atom. The molecule has 1 unspecified atom stereocenters. The van der Waals surface area contributed by atoms with Crippen molar-refractivity contribution in [3.8, 4) is 6.07 Å². The second-order valence-corrected chi connectivity index (χ2v) is 3.38. The summed E-state index contributed by atoms with van der Waals surface area (Å²) >= 11 is 0. The molecular weight excluding hydrogens is 220 g/mol. The number of hydrogen-bond donors (Lipinski definition) is 1. The van der Waals surface area contributed by atoms with Crippen LogP contribution in [0.2, 0.25) is 0 Å². The molecule has 1 aromatic rings. The zero-order valence-electron chi connectivity index (χ0n) is 9.33. The zero-order valence-corrected chi connectivity index (χ0v) is 9.33. The molecule has 2 N–H and O–H groups in total. The van der Waals surface area contributed by atoms with Gasteiger partial charge in [-0.3, -0.25) is 0 Å². The predicted octanol–water partition coefficient (Wildman–Crippen LogP) is 1.58. The summed E-state index contributed by atoms with van der Waals surface area (Å²) in [5.41, 5.74) is 5.86. The van der Waals surface area contributed by atoms with E-state index >= 15 is 0 Å². The minimum atomic E-state index is -0.945. The summed E-state index contributed by atoms with van der Waals surface area (Å²) in [6.45, 7) is 0.802. The number of primary amides is 1. The Labute approximate surface area is 99.7 Å². The van der Waals surface area contributed by atoms with Gasteiger partial charge < -0.3 is 15.2 Å². The van der Waals surface area contributed by atoms with Crippen molar-refractivity contribution in [2.24, 2.45) is 5.73 Å². The fourth-order valence-corrected chi connectivity index (χ4v) is 1.24. The minimum Gasteiger partial charge on any atom is -0.431 e. The molecule has 0 fully saturated rings. The third-order valence-electron chi connectivity index (χ3n) is 2.04. The van der Waals surface area contributed by atoms with Crippen molar-refractivity contribution in [2.75, 3.05) is 6.61 Å². The van der Waals surface area contributed by atoms with Crippen LogP contribution in [0.4, 0.5) is 4.79 Å². The molecule has 0 saturated carbocycles. The van der Waals surface area contributed by atoms with Gasteiger partial charge in [-0.2, -0.15) is 5.26 Å². The highest BCUT2D eigenvalue weighted by atomic mass is 16.6. The highest BCUT2D eigenvalue weighted by Gasteiger charge is 2.10. The molecule has 1 aromatic carbocycles. The number of carbonyl (C=O) groups is 1. The van der Waals surface area contributed by atoms with Crippen LogP contribution in [-0.4, -0.2) is 18.8 Å². The van der Waals surface area contributed by atoms with E-state index in [-0.39, 0.29) is 0 Å². The number of amides is 1. The maximum atomic E-state index is 10.4. The van der Waals surface area contributed by atoms with Crippen LogP contribution in [0.1, 0.15) is 12.0 Å². The number of benzene rings is 1. The van der Waals surface area contributed by atoms with Gasteiger partial charge in [0, 0.05) is 6.42 Å². The van der Waals surface area contributed by atoms with Crippen LogP contribution < -0.4 is 5.73 Å². The lowest BCUT2D eigenvalue weighted by Crippen LogP contribution is -2.22. The molecule has 0 aromatic heterocycles. The number of rotatable bonds is 6. The SMILES string of the molecule is N#CC(CCOCc1ccccc1)OC(N)=O. The van der Waals surface area contributed by atoms with Gasteiger partial charge >= 0.3 is 6.09 Å². The molecule has 17 heavy (non-hydrogen) atoms. The van der Waals surface area contributed by atoms with Crippen molar-refractivity contribution in [2.45, 2.75) is 19.1 Å². The molecule has 1 amide bonds. The Bertz CT molecular complexity index is 386. The number of hydrogen-bond acceptors (Lipinski definition) is 4. The van der Waals surface area contributed by atoms with Gasteiger partial charge in [0.05, 0.1) is 13.2 Å². The first-order chi connectivity index (χ1) is 8.22. The van der Waals surface area contributed by atoms with E-state index in [0.29, 0.717) is 19.6 Å². The smallest absolute Gasteiger partial charge is 0.405 e. The molecule has 0 aliphatic heterocycles. The van der Waals surface area contributed by atoms with Gasteiger partial charge in [-0.15, -0.1) is 0 Å². The first-order valence-electron chi connectivity index (χ1n) is 5.19. The number of carbonyl (C=O) groups excluding carboxylic acids is 1. The normalized spacial score (nSPS) is 11.5. The minimum absolute atomic E-state index is 0.312. The molecule has 1 rings (SSSR count). The van der Waals surface area contributed by atoms with Crippen LogP contribution >= 0.6 is 0 Å². The largest absolute Gasteiger partial charge is 0.431 e. The molecule has 0 saturated heterocycles. The highest BCUT2D eigenvalue weighted by Crippen LogP contribution is 2.03. The van der Waals surface area contributed by atoms with Crippen molar-refractivity contribution in [1.82, 2.24) is 0 Å². The van der Waals surface area contributed by atoms with E-state index in [4.69, 9.17) is 15.7 Å². The van der Waals surface area contributed by atoms with E-state index in [1.165, 1.54) is 0 Å². The summed E-state index contributed by atoms with van der Waals surface area (Å²) in [5.74, 6) is 0. The fourth-order valence-electron chi connectivity index (χ4n) is 1.24. The van der Waals surface area contributed by atoms with Crippen LogP contribution in [0.3, 0.4) is 0 Å². The third-order valence-corrected chi connectivity index (χ3v) is 2.04. The van der Waals surface area contributed by atoms with Crippen LogP contribution in [0.15, 0.2) is 30.3 Å². The standard InChI is InChI=1S/C12H14N2O3/c13-8-11(17-12(14)15)6-7-16-9-10-4-2-1-3-5-10/h1-5,11H,6-7,9H2,(H2,14,15). The number of ether oxygens (including phenoxy) is 2. The van der Waals surface area contributed by atoms with Crippen LogP contribution in [0.5, 0.6) is 0 Å². The Hall–Kier alpha value is -2.06. The predicted molar refractivity (Wildman–Crippen MR) is 60.8 cm³/mol. The Balaban J connectivity index is 2.19. The highest BCUT2D eigenvalue weighted by molar-refractivity contribution is 5.65. The molecule has 90 valence electrons. The molecule has 1 atom stereocenters. The van der Waals surface area contributed by atoms with Gasteiger partial charge in [0.15, 0.2) is 6.10 Å². The van der Waals surface area contributed by atoms with Gasteiger partial charge in [-0.05, 0) is 5.56 Å². The summed E-state index contributed by atoms with van der Waals surface area (Å²) in [7, 11) is 0. The van der Waals surface area contributed by atoms with Gasteiger partial charge in [-0.1, -0.05) is 30.3 Å². The van der Waals surface area contributed by atoms with Gasteiger partial charge in [0.2, 0.25) is 0 Å². The van der Waals surface area contributed by atoms with Gasteiger partial charge in [0.25, 0.3) is 0 Å². The average Bonchev–Trinajstić information content (AvgIpc) is 2.34. The molecule has 5 nitrogen and oxygen atoms in total. The van der Waals surface area contributed by atoms with E-state index < -0.39 is 12.2 Å². The monoisotopic (exact) mass is 234 g/mol. The Morgan fingerprint density at radius 3 is 2.71 bits per heavy atom. The quantitative estimate of drug-likeness (QED) is 0.757. The molecule has 0 bridgehead atoms. The molecule has 0 heterocycles. The lowest BCUT2D eigenvalue weighted by atomic mass is 10.2. The lowest BCUT2D eigenvalue weighted by molar-refractivity contribution is 0.0768. The summed E-state index contributed by atoms with van der Waals surface area (Å²) in [6, 6.07) is 11.5. The molecular formula is C12H14N2O3. The van der Waals surface area contributed by atoms with Crippen molar-refractivity contribution >= 4 is 6.09 Å². The average molecular weight is 234 g/mol. The second-order valence-electron chi connectivity index (χ2n) is 3.38. The van der Waals surface area contributed by atoms with Crippen LogP contribution in [-0.2, 0) is 16.1 Å². The zero-order chi connectivity index (χ0) is 12.5. The van der Waals surface area contributed by atoms with Crippen LogP contribution in [0.25, 0.3) is 0 Å². The number of nitriles is 1. The Kier molecular flexibility index (Phi) is 5.55. The summed E-state index contributed by atoms with van der Waals surface area (Å²) in [4.78, 5) is 10.4. The van der Waals surface area contributed by atoms with Crippen molar-refractivity contribution in [3.63, 3.8) is 0 Å². The maximum Gasteiger partial charge on any atom is 0.405 e. The van der Waals surface area contributed by atoms with Crippen molar-refractivity contribution in [1.29, 1.82) is 5.26 Å². The van der Waals surface area contributed by atoms with E-state index in [1.54, 1.807) is 0 Å². The van der Waals surface area contributed by atoms with E-state index in [0.717, 1.165) is 5.56 Å². The van der Waals surface area contributed by atoms with Gasteiger partial charge in [0.1, 0.15) is 6.07 Å². The van der Waals surface area contributed by atoms with Crippen molar-refractivity contribution in [3.05, 3.63) is 35.9 Å². The molecule has 0 spiro atoms. The van der Waals surface area contributed by atoms with E-state index in [1.807, 2.05) is 36.4 Å². The molecule has 0 radical (unpaired) electrons. The molecule has 0 aliphatic rings. The lowest BCUT2D eigenvalue weighted by Gasteiger charge is -2.09. The second kappa shape index (κ2) is 7.25. The topological polar surface area (TPSA) is 85.3 Å². The summed E-state index contributed by atoms with van der Waals surface area (Å²) in [6.07, 6.45) is -1.48. The number of nitrogens with two attached hydrogens (primary N) is 1. The first kappa shape index (κ1) is 13.0.